The zero-order valence-electron chi connectivity index (χ0n) is 16.9. The van der Waals surface area contributed by atoms with Crippen molar-refractivity contribution in [1.29, 1.82) is 0 Å². The molecule has 0 saturated heterocycles. The van der Waals surface area contributed by atoms with Crippen LogP contribution in [-0.2, 0) is 4.79 Å². The number of benzene rings is 3. The SMILES string of the molecule is COc1ccc(C2CC(=O)NC(NC(=O)c3ccc(Oc4ccccc4)cc3)=N2)cc1. The third-order valence-corrected chi connectivity index (χ3v) is 4.75. The first-order valence-corrected chi connectivity index (χ1v) is 9.76. The van der Waals surface area contributed by atoms with Crippen LogP contribution in [0.2, 0.25) is 0 Å². The topological polar surface area (TPSA) is 89.0 Å². The van der Waals surface area contributed by atoms with Gasteiger partial charge in [-0.3, -0.25) is 20.2 Å². The first-order valence-electron chi connectivity index (χ1n) is 9.76. The number of guanidine groups is 1. The Morgan fingerprint density at radius 3 is 2.26 bits per heavy atom. The molecule has 0 bridgehead atoms. The summed E-state index contributed by atoms with van der Waals surface area (Å²) in [6, 6.07) is 23.1. The van der Waals surface area contributed by atoms with Crippen LogP contribution in [0, 0.1) is 0 Å². The molecule has 4 rings (SSSR count). The van der Waals surface area contributed by atoms with Crippen LogP contribution < -0.4 is 20.1 Å². The molecular formula is C24H21N3O4. The highest BCUT2D eigenvalue weighted by Gasteiger charge is 2.23. The molecule has 0 fully saturated rings. The van der Waals surface area contributed by atoms with E-state index in [4.69, 9.17) is 9.47 Å². The van der Waals surface area contributed by atoms with Gasteiger partial charge in [-0.1, -0.05) is 30.3 Å². The minimum absolute atomic E-state index is 0.131. The zero-order chi connectivity index (χ0) is 21.6. The minimum Gasteiger partial charge on any atom is -0.497 e. The molecule has 0 saturated carbocycles. The van der Waals surface area contributed by atoms with Crippen molar-refractivity contribution >= 4 is 17.8 Å². The van der Waals surface area contributed by atoms with E-state index in [1.807, 2.05) is 54.6 Å². The summed E-state index contributed by atoms with van der Waals surface area (Å²) in [6.07, 6.45) is 0.206. The molecule has 1 aliphatic heterocycles. The highest BCUT2D eigenvalue weighted by molar-refractivity contribution is 6.10. The van der Waals surface area contributed by atoms with E-state index in [1.165, 1.54) is 0 Å². The number of carbonyl (C=O) groups is 2. The van der Waals surface area contributed by atoms with Crippen LogP contribution >= 0.6 is 0 Å². The van der Waals surface area contributed by atoms with E-state index in [0.29, 0.717) is 17.1 Å². The van der Waals surface area contributed by atoms with Gasteiger partial charge in [0.2, 0.25) is 11.9 Å². The van der Waals surface area contributed by atoms with Crippen molar-refractivity contribution in [2.45, 2.75) is 12.5 Å². The summed E-state index contributed by atoms with van der Waals surface area (Å²) in [6.45, 7) is 0. The van der Waals surface area contributed by atoms with Gasteiger partial charge in [-0.15, -0.1) is 0 Å². The summed E-state index contributed by atoms with van der Waals surface area (Å²) < 4.78 is 10.9. The Bertz CT molecular complexity index is 1090. The number of hydrogen-bond donors (Lipinski definition) is 2. The lowest BCUT2D eigenvalue weighted by molar-refractivity contribution is -0.120. The maximum Gasteiger partial charge on any atom is 0.257 e. The first-order chi connectivity index (χ1) is 15.1. The Hall–Kier alpha value is -4.13. The Labute approximate surface area is 179 Å². The number of aliphatic imine (C=N–C) groups is 1. The van der Waals surface area contributed by atoms with Gasteiger partial charge in [0.25, 0.3) is 5.91 Å². The van der Waals surface area contributed by atoms with Gasteiger partial charge in [0.1, 0.15) is 17.2 Å². The van der Waals surface area contributed by atoms with E-state index in [0.717, 1.165) is 11.3 Å². The van der Waals surface area contributed by atoms with Gasteiger partial charge in [-0.05, 0) is 54.1 Å². The highest BCUT2D eigenvalue weighted by atomic mass is 16.5. The number of nitrogens with one attached hydrogen (secondary N) is 2. The number of methoxy groups -OCH3 is 1. The number of hydrogen-bond acceptors (Lipinski definition) is 5. The highest BCUT2D eigenvalue weighted by Crippen LogP contribution is 2.25. The van der Waals surface area contributed by atoms with Gasteiger partial charge in [0.15, 0.2) is 0 Å². The summed E-state index contributed by atoms with van der Waals surface area (Å²) >= 11 is 0. The van der Waals surface area contributed by atoms with E-state index in [-0.39, 0.29) is 30.2 Å². The van der Waals surface area contributed by atoms with E-state index in [1.54, 1.807) is 31.4 Å². The van der Waals surface area contributed by atoms with Gasteiger partial charge in [0, 0.05) is 5.56 Å². The smallest absolute Gasteiger partial charge is 0.257 e. The average Bonchev–Trinajstić information content (AvgIpc) is 2.80. The molecule has 3 aromatic carbocycles. The standard InChI is InChI=1S/C24H21N3O4/c1-30-18-11-7-16(8-12-18)21-15-22(28)26-24(25-21)27-23(29)17-9-13-20(14-10-17)31-19-5-3-2-4-6-19/h2-14,21H,15H2,1H3,(H2,25,26,27,28,29). The monoisotopic (exact) mass is 415 g/mol. The fourth-order valence-electron chi connectivity index (χ4n) is 3.15. The lowest BCUT2D eigenvalue weighted by Crippen LogP contribution is -2.47. The van der Waals surface area contributed by atoms with Crippen molar-refractivity contribution < 1.29 is 19.1 Å². The quantitative estimate of drug-likeness (QED) is 0.663. The molecule has 0 radical (unpaired) electrons. The number of ether oxygens (including phenoxy) is 2. The van der Waals surface area contributed by atoms with Crippen molar-refractivity contribution in [1.82, 2.24) is 10.6 Å². The van der Waals surface area contributed by atoms with Crippen LogP contribution in [0.1, 0.15) is 28.4 Å². The van der Waals surface area contributed by atoms with Gasteiger partial charge in [0.05, 0.1) is 19.6 Å². The second-order valence-electron chi connectivity index (χ2n) is 6.91. The second-order valence-corrected chi connectivity index (χ2v) is 6.91. The molecule has 0 spiro atoms. The van der Waals surface area contributed by atoms with E-state index in [2.05, 4.69) is 15.6 Å². The summed E-state index contributed by atoms with van der Waals surface area (Å²) in [4.78, 5) is 29.2. The van der Waals surface area contributed by atoms with E-state index in [9.17, 15) is 9.59 Å². The molecule has 2 amide bonds. The molecule has 1 unspecified atom stereocenters. The lowest BCUT2D eigenvalue weighted by atomic mass is 10.0. The molecular weight excluding hydrogens is 394 g/mol. The van der Waals surface area contributed by atoms with Crippen LogP contribution in [0.4, 0.5) is 0 Å². The fourth-order valence-corrected chi connectivity index (χ4v) is 3.15. The maximum atomic E-state index is 12.6. The molecule has 3 aromatic rings. The number of para-hydroxylation sites is 1. The Balaban J connectivity index is 1.44. The third kappa shape index (κ3) is 5.08. The number of carbonyl (C=O) groups excluding carboxylic acids is 2. The zero-order valence-corrected chi connectivity index (χ0v) is 16.9. The fraction of sp³-hybridized carbons (Fsp3) is 0.125. The lowest BCUT2D eigenvalue weighted by Gasteiger charge is -2.21. The third-order valence-electron chi connectivity index (χ3n) is 4.75. The molecule has 7 nitrogen and oxygen atoms in total. The van der Waals surface area contributed by atoms with Gasteiger partial charge in [-0.2, -0.15) is 0 Å². The predicted molar refractivity (Wildman–Crippen MR) is 116 cm³/mol. The molecule has 7 heteroatoms. The second kappa shape index (κ2) is 9.13. The van der Waals surface area contributed by atoms with Crippen molar-refractivity contribution in [2.24, 2.45) is 4.99 Å². The molecule has 1 aliphatic rings. The summed E-state index contributed by atoms with van der Waals surface area (Å²) in [5, 5.41) is 5.28. The number of nitrogens with zero attached hydrogens (tertiary/aromatic N) is 1. The van der Waals surface area contributed by atoms with Crippen LogP contribution in [0.3, 0.4) is 0 Å². The Morgan fingerprint density at radius 2 is 1.58 bits per heavy atom. The normalized spacial score (nSPS) is 15.5. The van der Waals surface area contributed by atoms with Crippen LogP contribution in [0.25, 0.3) is 0 Å². The largest absolute Gasteiger partial charge is 0.497 e. The predicted octanol–water partition coefficient (Wildman–Crippen LogP) is 3.83. The molecule has 0 aliphatic carbocycles. The van der Waals surface area contributed by atoms with Crippen LogP contribution in [0.15, 0.2) is 83.9 Å². The summed E-state index contributed by atoms with van der Waals surface area (Å²) in [5.74, 6) is 1.60. The molecule has 1 heterocycles. The molecule has 2 N–H and O–H groups in total. The minimum atomic E-state index is -0.378. The molecule has 156 valence electrons. The van der Waals surface area contributed by atoms with E-state index >= 15 is 0 Å². The first kappa shape index (κ1) is 20.2. The van der Waals surface area contributed by atoms with E-state index < -0.39 is 0 Å². The summed E-state index contributed by atoms with van der Waals surface area (Å²) in [5.41, 5.74) is 1.29. The van der Waals surface area contributed by atoms with Gasteiger partial charge < -0.3 is 9.47 Å². The molecule has 0 aromatic heterocycles. The van der Waals surface area contributed by atoms with Crippen LogP contribution in [0.5, 0.6) is 17.2 Å². The van der Waals surface area contributed by atoms with Crippen molar-refractivity contribution in [3.8, 4) is 17.2 Å². The van der Waals surface area contributed by atoms with Crippen LogP contribution in [-0.4, -0.2) is 24.9 Å². The Morgan fingerprint density at radius 1 is 0.935 bits per heavy atom. The van der Waals surface area contributed by atoms with Gasteiger partial charge in [-0.25, -0.2) is 4.99 Å². The average molecular weight is 415 g/mol. The maximum absolute atomic E-state index is 12.6. The van der Waals surface area contributed by atoms with Crippen molar-refractivity contribution in [3.63, 3.8) is 0 Å². The Kier molecular flexibility index (Phi) is 5.93. The number of rotatable bonds is 5. The van der Waals surface area contributed by atoms with Crippen molar-refractivity contribution in [3.05, 3.63) is 90.0 Å². The molecule has 1 atom stereocenters. The summed E-state index contributed by atoms with van der Waals surface area (Å²) in [7, 11) is 1.59. The molecule has 31 heavy (non-hydrogen) atoms. The van der Waals surface area contributed by atoms with Gasteiger partial charge >= 0.3 is 0 Å². The van der Waals surface area contributed by atoms with Crippen molar-refractivity contribution in [2.75, 3.05) is 7.11 Å². The number of amides is 2.